The van der Waals surface area contributed by atoms with E-state index in [1.54, 1.807) is 6.08 Å². The second kappa shape index (κ2) is 5.32. The van der Waals surface area contributed by atoms with Crippen molar-refractivity contribution in [3.63, 3.8) is 0 Å². The van der Waals surface area contributed by atoms with E-state index >= 15 is 0 Å². The van der Waals surface area contributed by atoms with Crippen LogP contribution in [0.3, 0.4) is 0 Å². The van der Waals surface area contributed by atoms with Gasteiger partial charge in [0.15, 0.2) is 0 Å². The second-order valence-corrected chi connectivity index (χ2v) is 3.22. The van der Waals surface area contributed by atoms with Crippen LogP contribution < -0.4 is 0 Å². The van der Waals surface area contributed by atoms with E-state index in [4.69, 9.17) is 11.8 Å². The highest BCUT2D eigenvalue weighted by molar-refractivity contribution is 6.31. The van der Waals surface area contributed by atoms with Crippen LogP contribution in [0, 0.1) is 0 Å². The van der Waals surface area contributed by atoms with E-state index in [-0.39, 0.29) is 0 Å². The number of benzene rings is 1. The van der Waals surface area contributed by atoms with Gasteiger partial charge in [-0.25, -0.2) is 0 Å². The van der Waals surface area contributed by atoms with Gasteiger partial charge in [0.25, 0.3) is 5.91 Å². The van der Waals surface area contributed by atoms with Crippen LogP contribution in [-0.2, 0) is 9.59 Å². The van der Waals surface area contributed by atoms with E-state index < -0.39 is 11.8 Å². The molecule has 2 amide bonds. The van der Waals surface area contributed by atoms with E-state index in [9.17, 15) is 9.59 Å². The maximum atomic E-state index is 11.2. The molecule has 0 spiro atoms. The lowest BCUT2D eigenvalue weighted by molar-refractivity contribution is -0.134. The number of hydrogen-bond donors (Lipinski definition) is 0. The highest BCUT2D eigenvalue weighted by Crippen LogP contribution is 2.03. The molecular formula is C11H10ClNO2. The monoisotopic (exact) mass is 223 g/mol. The topological polar surface area (TPSA) is 37.4 Å². The summed E-state index contributed by atoms with van der Waals surface area (Å²) in [6.07, 6.45) is 2.85. The summed E-state index contributed by atoms with van der Waals surface area (Å²) < 4.78 is 0.541. The van der Waals surface area contributed by atoms with Gasteiger partial charge < -0.3 is 0 Å². The van der Waals surface area contributed by atoms with Gasteiger partial charge in [-0.15, -0.1) is 0 Å². The number of halogens is 1. The van der Waals surface area contributed by atoms with Crippen molar-refractivity contribution in [2.75, 3.05) is 0 Å². The molecule has 1 aromatic rings. The number of carbonyl (C=O) groups is 2. The van der Waals surface area contributed by atoms with Crippen LogP contribution in [0.1, 0.15) is 12.5 Å². The summed E-state index contributed by atoms with van der Waals surface area (Å²) in [6, 6.07) is 9.27. The zero-order valence-electron chi connectivity index (χ0n) is 8.18. The Morgan fingerprint density at radius 3 is 2.40 bits per heavy atom. The zero-order chi connectivity index (χ0) is 11.3. The standard InChI is InChI=1S/C11H10ClNO2/c1-9(14)13(12)11(15)8-7-10-5-3-2-4-6-10/h2-8H,1H3/b8-7+. The van der Waals surface area contributed by atoms with E-state index in [1.165, 1.54) is 13.0 Å². The van der Waals surface area contributed by atoms with Crippen molar-refractivity contribution < 1.29 is 9.59 Å². The first kappa shape index (κ1) is 11.5. The van der Waals surface area contributed by atoms with Gasteiger partial charge in [0.05, 0.1) is 0 Å². The summed E-state index contributed by atoms with van der Waals surface area (Å²) in [6.45, 7) is 1.22. The molecule has 0 bridgehead atoms. The van der Waals surface area contributed by atoms with E-state index in [2.05, 4.69) is 0 Å². The Labute approximate surface area is 93.1 Å². The summed E-state index contributed by atoms with van der Waals surface area (Å²) in [7, 11) is 0. The Morgan fingerprint density at radius 2 is 1.87 bits per heavy atom. The van der Waals surface area contributed by atoms with Gasteiger partial charge in [0.2, 0.25) is 5.91 Å². The third-order valence-electron chi connectivity index (χ3n) is 1.69. The molecule has 0 N–H and O–H groups in total. The lowest BCUT2D eigenvalue weighted by atomic mass is 10.2. The molecule has 78 valence electrons. The molecule has 0 saturated heterocycles. The molecule has 0 aliphatic heterocycles. The number of carbonyl (C=O) groups excluding carboxylic acids is 2. The number of amides is 2. The van der Waals surface area contributed by atoms with E-state index in [0.29, 0.717) is 4.42 Å². The molecule has 0 aromatic heterocycles. The second-order valence-electron chi connectivity index (χ2n) is 2.88. The van der Waals surface area contributed by atoms with Crippen molar-refractivity contribution in [3.05, 3.63) is 42.0 Å². The third-order valence-corrected chi connectivity index (χ3v) is 2.09. The fourth-order valence-electron chi connectivity index (χ4n) is 0.952. The van der Waals surface area contributed by atoms with Crippen LogP contribution in [0.25, 0.3) is 6.08 Å². The molecular weight excluding hydrogens is 214 g/mol. The predicted octanol–water partition coefficient (Wildman–Crippen LogP) is 2.23. The molecule has 4 heteroatoms. The molecule has 0 unspecified atom stereocenters. The van der Waals surface area contributed by atoms with Gasteiger partial charge in [0.1, 0.15) is 0 Å². The van der Waals surface area contributed by atoms with Gasteiger partial charge in [-0.05, 0) is 11.6 Å². The van der Waals surface area contributed by atoms with E-state index in [0.717, 1.165) is 5.56 Å². The maximum Gasteiger partial charge on any atom is 0.268 e. The minimum absolute atomic E-state index is 0.501. The Bertz CT molecular complexity index is 387. The summed E-state index contributed by atoms with van der Waals surface area (Å²) in [5, 5.41) is 0. The van der Waals surface area contributed by atoms with Crippen LogP contribution >= 0.6 is 11.8 Å². The van der Waals surface area contributed by atoms with Crippen LogP contribution in [-0.4, -0.2) is 16.2 Å². The first-order valence-corrected chi connectivity index (χ1v) is 4.68. The average molecular weight is 224 g/mol. The molecule has 0 radical (unpaired) electrons. The van der Waals surface area contributed by atoms with Crippen molar-refractivity contribution >= 4 is 29.7 Å². The Balaban J connectivity index is 2.67. The normalized spacial score (nSPS) is 10.3. The number of imide groups is 1. The Kier molecular flexibility index (Phi) is 4.06. The van der Waals surface area contributed by atoms with E-state index in [1.807, 2.05) is 30.3 Å². The summed E-state index contributed by atoms with van der Waals surface area (Å²) >= 11 is 5.42. The first-order valence-electron chi connectivity index (χ1n) is 4.35. The average Bonchev–Trinajstić information content (AvgIpc) is 2.26. The smallest absolute Gasteiger partial charge is 0.268 e. The van der Waals surface area contributed by atoms with Crippen molar-refractivity contribution in [1.82, 2.24) is 4.42 Å². The lowest BCUT2D eigenvalue weighted by Crippen LogP contribution is -2.23. The molecule has 0 aliphatic rings. The van der Waals surface area contributed by atoms with Crippen LogP contribution in [0.2, 0.25) is 0 Å². The van der Waals surface area contributed by atoms with Crippen LogP contribution in [0.4, 0.5) is 0 Å². The molecule has 0 heterocycles. The highest BCUT2D eigenvalue weighted by Gasteiger charge is 2.11. The molecule has 0 aliphatic carbocycles. The first-order chi connectivity index (χ1) is 7.11. The molecule has 0 atom stereocenters. The number of nitrogens with zero attached hydrogens (tertiary/aromatic N) is 1. The van der Waals surface area contributed by atoms with Gasteiger partial charge in [-0.3, -0.25) is 9.59 Å². The summed E-state index contributed by atoms with van der Waals surface area (Å²) in [5.74, 6) is -1.05. The summed E-state index contributed by atoms with van der Waals surface area (Å²) in [4.78, 5) is 22.0. The molecule has 0 fully saturated rings. The number of hydrogen-bond acceptors (Lipinski definition) is 2. The number of rotatable bonds is 2. The van der Waals surface area contributed by atoms with Crippen molar-refractivity contribution in [1.29, 1.82) is 0 Å². The maximum absolute atomic E-state index is 11.2. The van der Waals surface area contributed by atoms with Crippen LogP contribution in [0.15, 0.2) is 36.4 Å². The molecule has 0 saturated carbocycles. The molecule has 1 rings (SSSR count). The molecule has 1 aromatic carbocycles. The Hall–Kier alpha value is -1.61. The minimum atomic E-state index is -0.548. The predicted molar refractivity (Wildman–Crippen MR) is 58.9 cm³/mol. The van der Waals surface area contributed by atoms with Gasteiger partial charge >= 0.3 is 0 Å². The fraction of sp³-hybridized carbons (Fsp3) is 0.0909. The van der Waals surface area contributed by atoms with Crippen molar-refractivity contribution in [3.8, 4) is 0 Å². The fourth-order valence-corrected chi connectivity index (χ4v) is 1.01. The quantitative estimate of drug-likeness (QED) is 0.570. The lowest BCUT2D eigenvalue weighted by Gasteiger charge is -2.04. The third kappa shape index (κ3) is 3.56. The molecule has 3 nitrogen and oxygen atoms in total. The zero-order valence-corrected chi connectivity index (χ0v) is 8.94. The molecule has 15 heavy (non-hydrogen) atoms. The van der Waals surface area contributed by atoms with Crippen molar-refractivity contribution in [2.45, 2.75) is 6.92 Å². The SMILES string of the molecule is CC(=O)N(Cl)C(=O)/C=C/c1ccccc1. The van der Waals surface area contributed by atoms with Gasteiger partial charge in [0, 0.05) is 24.8 Å². The highest BCUT2D eigenvalue weighted by atomic mass is 35.5. The Morgan fingerprint density at radius 1 is 1.27 bits per heavy atom. The van der Waals surface area contributed by atoms with Gasteiger partial charge in [-0.2, -0.15) is 4.42 Å². The van der Waals surface area contributed by atoms with Crippen LogP contribution in [0.5, 0.6) is 0 Å². The minimum Gasteiger partial charge on any atom is -0.273 e. The largest absolute Gasteiger partial charge is 0.273 e. The van der Waals surface area contributed by atoms with Gasteiger partial charge in [-0.1, -0.05) is 30.3 Å². The van der Waals surface area contributed by atoms with Crippen molar-refractivity contribution in [2.24, 2.45) is 0 Å². The summed E-state index contributed by atoms with van der Waals surface area (Å²) in [5.41, 5.74) is 0.875.